The van der Waals surface area contributed by atoms with Crippen molar-refractivity contribution in [2.75, 3.05) is 31.6 Å². The van der Waals surface area contributed by atoms with Gasteiger partial charge in [-0.15, -0.1) is 0 Å². The van der Waals surface area contributed by atoms with Crippen LogP contribution >= 0.6 is 11.8 Å². The Hall–Kier alpha value is -6.54. The lowest BCUT2D eigenvalue weighted by Gasteiger charge is -2.27. The monoisotopic (exact) mass is 1010 g/mol. The summed E-state index contributed by atoms with van der Waals surface area (Å²) in [5.74, 6) is -9.99. The summed E-state index contributed by atoms with van der Waals surface area (Å²) in [5, 5.41) is 36.4. The number of amides is 8. The van der Waals surface area contributed by atoms with E-state index in [0.717, 1.165) is 5.56 Å². The molecule has 0 aliphatic carbocycles. The van der Waals surface area contributed by atoms with Gasteiger partial charge in [-0.1, -0.05) is 44.2 Å². The molecule has 7 atom stereocenters. The molecule has 1 aromatic carbocycles. The molecule has 0 spiro atoms. The fourth-order valence-corrected chi connectivity index (χ4v) is 7.14. The van der Waals surface area contributed by atoms with Crippen molar-refractivity contribution in [3.05, 3.63) is 35.9 Å². The summed E-state index contributed by atoms with van der Waals surface area (Å²) in [6.07, 6.45) is 1.83. The number of nitrogens with one attached hydrogen (secondary N) is 7. The quantitative estimate of drug-likeness (QED) is 0.0179. The molecule has 70 heavy (non-hydrogen) atoms. The number of aliphatic imine (C=N–C) groups is 1. The number of aliphatic carboxylic acids is 2. The average Bonchev–Trinajstić information content (AvgIpc) is 3.29. The fraction of sp³-hybridized carbons (Fsp3) is 0.614. The molecular weight excluding hydrogens is 935 g/mol. The number of nitrogens with two attached hydrogens (primary N) is 5. The minimum absolute atomic E-state index is 0.0265. The van der Waals surface area contributed by atoms with Crippen molar-refractivity contribution in [2.45, 2.75) is 133 Å². The predicted molar refractivity (Wildman–Crippen MR) is 261 cm³/mol. The van der Waals surface area contributed by atoms with Crippen molar-refractivity contribution in [3.63, 3.8) is 0 Å². The second-order valence-electron chi connectivity index (χ2n) is 16.9. The number of carbonyl (C=O) groups is 10. The molecule has 0 radical (unpaired) electrons. The molecule has 0 aliphatic rings. The summed E-state index contributed by atoms with van der Waals surface area (Å²) in [4.78, 5) is 134. The zero-order chi connectivity index (χ0) is 52.8. The lowest BCUT2D eigenvalue weighted by atomic mass is 10.0. The highest BCUT2D eigenvalue weighted by molar-refractivity contribution is 7.98. The number of hydrogen-bond donors (Lipinski definition) is 14. The number of thioether (sulfide) groups is 1. The number of primary amides is 1. The Bertz CT molecular complexity index is 1920. The molecule has 1 aromatic rings. The van der Waals surface area contributed by atoms with Crippen LogP contribution in [-0.4, -0.2) is 149 Å². The second kappa shape index (κ2) is 33.9. The molecule has 0 aromatic heterocycles. The van der Waals surface area contributed by atoms with E-state index in [1.165, 1.54) is 11.8 Å². The van der Waals surface area contributed by atoms with Crippen LogP contribution in [0.15, 0.2) is 35.3 Å². The SMILES string of the molecule is CSCC[C@H](NC(=O)[C@H](CC(=O)O)NC(=O)[C@H](CCCCN)NC(=O)[C@@H](N)CCc1ccccc1)C(=O)N[C@@H](CCC(N)=O)C(=O)N[C@@H](CC(C)C)C(=O)NCC(=O)N[C@@H](CCCN=C(N)N)C(=O)O. The Morgan fingerprint density at radius 2 is 1.19 bits per heavy atom. The standard InChI is InChI=1S/C44H73N13O12S/c1-25(2)22-32(38(63)51-24-35(59)52-31(43(68)69)13-9-20-50-44(48)49)56-40(65)29(16-17-34(47)58)54-41(66)30(18-21-70-3)55-42(67)33(23-36(60)61)57-39(64)28(12-7-8-19-45)53-37(62)27(46)15-14-26-10-5-4-6-11-26/h4-6,10-11,25,27-33H,7-9,12-24,45-46H2,1-3H3,(H2,47,58)(H,51,63)(H,52,59)(H,53,62)(H,54,66)(H,55,67)(H,56,65)(H,57,64)(H,60,61)(H,68,69)(H4,48,49,50)/t27-,28-,29-,30-,31-,32-,33-/m0/s1. The summed E-state index contributed by atoms with van der Waals surface area (Å²) in [6, 6.07) is -0.307. The van der Waals surface area contributed by atoms with Crippen molar-refractivity contribution < 1.29 is 58.2 Å². The van der Waals surface area contributed by atoms with Gasteiger partial charge in [-0.05, 0) is 94.2 Å². The van der Waals surface area contributed by atoms with Crippen molar-refractivity contribution >= 4 is 76.9 Å². The zero-order valence-corrected chi connectivity index (χ0v) is 40.9. The summed E-state index contributed by atoms with van der Waals surface area (Å²) in [7, 11) is 0. The van der Waals surface area contributed by atoms with Crippen molar-refractivity contribution in [1.82, 2.24) is 37.2 Å². The highest BCUT2D eigenvalue weighted by atomic mass is 32.2. The summed E-state index contributed by atoms with van der Waals surface area (Å²) < 4.78 is 0. The highest BCUT2D eigenvalue weighted by Gasteiger charge is 2.34. The van der Waals surface area contributed by atoms with Gasteiger partial charge in [-0.3, -0.25) is 48.1 Å². The number of rotatable bonds is 36. The van der Waals surface area contributed by atoms with Gasteiger partial charge in [0.25, 0.3) is 0 Å². The molecule has 25 nitrogen and oxygen atoms in total. The highest BCUT2D eigenvalue weighted by Crippen LogP contribution is 2.11. The van der Waals surface area contributed by atoms with E-state index in [1.54, 1.807) is 20.1 Å². The number of aryl methyl sites for hydroxylation is 1. The second-order valence-corrected chi connectivity index (χ2v) is 17.8. The Morgan fingerprint density at radius 3 is 1.73 bits per heavy atom. The molecule has 0 unspecified atom stereocenters. The van der Waals surface area contributed by atoms with E-state index in [-0.39, 0.29) is 75.7 Å². The number of carboxylic acids is 2. The first-order valence-corrected chi connectivity index (χ1v) is 24.3. The van der Waals surface area contributed by atoms with Gasteiger partial charge in [-0.25, -0.2) is 4.79 Å². The molecule has 392 valence electrons. The summed E-state index contributed by atoms with van der Waals surface area (Å²) >= 11 is 1.29. The first-order valence-electron chi connectivity index (χ1n) is 22.9. The van der Waals surface area contributed by atoms with Crippen molar-refractivity contribution in [2.24, 2.45) is 39.6 Å². The third kappa shape index (κ3) is 26.3. The number of carbonyl (C=O) groups excluding carboxylic acids is 8. The van der Waals surface area contributed by atoms with E-state index in [2.05, 4.69) is 42.2 Å². The maximum atomic E-state index is 13.9. The lowest BCUT2D eigenvalue weighted by molar-refractivity contribution is -0.142. The topological polar surface area (TPSA) is 438 Å². The van der Waals surface area contributed by atoms with Crippen LogP contribution < -0.4 is 65.9 Å². The molecule has 0 aliphatic heterocycles. The van der Waals surface area contributed by atoms with E-state index in [9.17, 15) is 58.2 Å². The summed E-state index contributed by atoms with van der Waals surface area (Å²) in [6.45, 7) is 3.21. The Balaban J connectivity index is 3.25. The number of nitrogens with zero attached hydrogens (tertiary/aromatic N) is 1. The summed E-state index contributed by atoms with van der Waals surface area (Å²) in [5.41, 5.74) is 28.7. The maximum absolute atomic E-state index is 13.9. The number of unbranched alkanes of at least 4 members (excludes halogenated alkanes) is 1. The van der Waals surface area contributed by atoms with Crippen LogP contribution in [0.4, 0.5) is 0 Å². The van der Waals surface area contributed by atoms with Crippen LogP contribution in [0.1, 0.15) is 90.0 Å². The van der Waals surface area contributed by atoms with Crippen molar-refractivity contribution in [3.8, 4) is 0 Å². The normalized spacial score (nSPS) is 13.9. The number of hydrogen-bond acceptors (Lipinski definition) is 14. The van der Waals surface area contributed by atoms with E-state index in [0.29, 0.717) is 19.3 Å². The minimum atomic E-state index is -1.76. The molecule has 0 bridgehead atoms. The van der Waals surface area contributed by atoms with Gasteiger partial charge in [0.1, 0.15) is 36.3 Å². The van der Waals surface area contributed by atoms with Gasteiger partial charge in [0.2, 0.25) is 47.3 Å². The van der Waals surface area contributed by atoms with E-state index in [1.807, 2.05) is 30.3 Å². The molecular formula is C44H73N13O12S. The van der Waals surface area contributed by atoms with Crippen LogP contribution in [0.3, 0.4) is 0 Å². The minimum Gasteiger partial charge on any atom is -0.481 e. The van der Waals surface area contributed by atoms with Gasteiger partial charge in [0.05, 0.1) is 19.0 Å². The van der Waals surface area contributed by atoms with Crippen LogP contribution in [0, 0.1) is 5.92 Å². The molecule has 0 saturated carbocycles. The first-order chi connectivity index (χ1) is 33.1. The van der Waals surface area contributed by atoms with Crippen LogP contribution in [0.2, 0.25) is 0 Å². The van der Waals surface area contributed by atoms with Gasteiger partial charge >= 0.3 is 11.9 Å². The third-order valence-corrected chi connectivity index (χ3v) is 11.1. The molecule has 0 saturated heterocycles. The smallest absolute Gasteiger partial charge is 0.326 e. The first kappa shape index (κ1) is 61.5. The van der Waals surface area contributed by atoms with Crippen molar-refractivity contribution in [1.29, 1.82) is 0 Å². The van der Waals surface area contributed by atoms with E-state index in [4.69, 9.17) is 28.7 Å². The molecule has 19 N–H and O–H groups in total. The number of carboxylic acid groups (broad SMARTS) is 2. The Kier molecular flexibility index (Phi) is 29.7. The molecule has 26 heteroatoms. The van der Waals surface area contributed by atoms with Crippen LogP contribution in [0.5, 0.6) is 0 Å². The zero-order valence-electron chi connectivity index (χ0n) is 40.0. The molecule has 0 heterocycles. The van der Waals surface area contributed by atoms with Gasteiger partial charge in [-0.2, -0.15) is 11.8 Å². The van der Waals surface area contributed by atoms with Gasteiger partial charge in [0.15, 0.2) is 5.96 Å². The molecule has 0 fully saturated rings. The fourth-order valence-electron chi connectivity index (χ4n) is 6.67. The Labute approximate surface area is 411 Å². The molecule has 1 rings (SSSR count). The average molecular weight is 1010 g/mol. The number of benzene rings is 1. The predicted octanol–water partition coefficient (Wildman–Crippen LogP) is -3.22. The van der Waals surface area contributed by atoms with Crippen LogP contribution in [-0.2, 0) is 54.4 Å². The Morgan fingerprint density at radius 1 is 0.643 bits per heavy atom. The third-order valence-electron chi connectivity index (χ3n) is 10.4. The van der Waals surface area contributed by atoms with Crippen LogP contribution in [0.25, 0.3) is 0 Å². The number of guanidine groups is 1. The molecule has 8 amide bonds. The lowest BCUT2D eigenvalue weighted by Crippen LogP contribution is -2.60. The van der Waals surface area contributed by atoms with Gasteiger partial charge in [0, 0.05) is 13.0 Å². The maximum Gasteiger partial charge on any atom is 0.326 e. The van der Waals surface area contributed by atoms with Gasteiger partial charge < -0.3 is 76.1 Å². The van der Waals surface area contributed by atoms with E-state index >= 15 is 0 Å². The van der Waals surface area contributed by atoms with E-state index < -0.39 is 121 Å². The largest absolute Gasteiger partial charge is 0.481 e.